The van der Waals surface area contributed by atoms with E-state index in [4.69, 9.17) is 14.7 Å². The zero-order chi connectivity index (χ0) is 32.7. The first-order valence-electron chi connectivity index (χ1n) is 16.2. The SMILES string of the molecule is Oc1cc(-c2ccccc2)cc2ccc(Oc3cc(-c4ccccc4)c4c5cccc(-c6ccccc6)c5n(-c5ccccn5)c4c3)nc12. The number of benzene rings is 6. The molecule has 3 aromatic heterocycles. The molecule has 0 spiro atoms. The van der Waals surface area contributed by atoms with E-state index in [2.05, 4.69) is 83.4 Å². The zero-order valence-electron chi connectivity index (χ0n) is 26.4. The molecule has 9 aromatic rings. The van der Waals surface area contributed by atoms with Crippen molar-refractivity contribution in [2.45, 2.75) is 0 Å². The second-order valence-electron chi connectivity index (χ2n) is 12.0. The van der Waals surface area contributed by atoms with Crippen LogP contribution in [0.1, 0.15) is 0 Å². The second-order valence-corrected chi connectivity index (χ2v) is 12.0. The van der Waals surface area contributed by atoms with Crippen LogP contribution in [0.5, 0.6) is 17.4 Å². The predicted octanol–water partition coefficient (Wildman–Crippen LogP) is 11.2. The van der Waals surface area contributed by atoms with Crippen molar-refractivity contribution in [2.24, 2.45) is 0 Å². The van der Waals surface area contributed by atoms with Gasteiger partial charge in [-0.3, -0.25) is 4.57 Å². The Kier molecular flexibility index (Phi) is 6.87. The number of aromatic hydroxyl groups is 1. The Morgan fingerprint density at radius 1 is 0.551 bits per heavy atom. The molecule has 0 aliphatic heterocycles. The Labute approximate surface area is 283 Å². The highest BCUT2D eigenvalue weighted by Gasteiger charge is 2.22. The molecule has 0 amide bonds. The van der Waals surface area contributed by atoms with Gasteiger partial charge in [0.25, 0.3) is 0 Å². The number of fused-ring (bicyclic) bond motifs is 4. The van der Waals surface area contributed by atoms with Gasteiger partial charge in [0.1, 0.15) is 22.8 Å². The van der Waals surface area contributed by atoms with Crippen LogP contribution in [0.4, 0.5) is 0 Å². The Bertz CT molecular complexity index is 2620. The minimum Gasteiger partial charge on any atom is -0.506 e. The third-order valence-electron chi connectivity index (χ3n) is 8.99. The maximum Gasteiger partial charge on any atom is 0.219 e. The van der Waals surface area contributed by atoms with Crippen molar-refractivity contribution in [1.82, 2.24) is 14.5 Å². The lowest BCUT2D eigenvalue weighted by Crippen LogP contribution is -1.98. The maximum absolute atomic E-state index is 11.1. The number of para-hydroxylation sites is 1. The lowest BCUT2D eigenvalue weighted by Gasteiger charge is -2.13. The molecular weight excluding hydrogens is 603 g/mol. The summed E-state index contributed by atoms with van der Waals surface area (Å²) < 4.78 is 8.81. The topological polar surface area (TPSA) is 60.2 Å². The van der Waals surface area contributed by atoms with E-state index < -0.39 is 0 Å². The number of ether oxygens (including phenoxy) is 1. The van der Waals surface area contributed by atoms with Crippen molar-refractivity contribution >= 4 is 32.7 Å². The average molecular weight is 632 g/mol. The normalized spacial score (nSPS) is 11.3. The van der Waals surface area contributed by atoms with Crippen LogP contribution in [0.15, 0.2) is 170 Å². The first kappa shape index (κ1) is 28.5. The summed E-state index contributed by atoms with van der Waals surface area (Å²) in [6, 6.07) is 55.1. The van der Waals surface area contributed by atoms with Crippen LogP contribution in [-0.4, -0.2) is 19.6 Å². The number of phenols is 1. The smallest absolute Gasteiger partial charge is 0.219 e. The predicted molar refractivity (Wildman–Crippen MR) is 198 cm³/mol. The van der Waals surface area contributed by atoms with E-state index in [9.17, 15) is 5.11 Å². The molecule has 0 saturated heterocycles. The summed E-state index contributed by atoms with van der Waals surface area (Å²) in [5.74, 6) is 1.93. The maximum atomic E-state index is 11.1. The number of pyridine rings is 2. The third-order valence-corrected chi connectivity index (χ3v) is 8.99. The molecule has 0 fully saturated rings. The number of phenolic OH excluding ortho intramolecular Hbond substituents is 1. The van der Waals surface area contributed by atoms with Gasteiger partial charge >= 0.3 is 0 Å². The van der Waals surface area contributed by atoms with Gasteiger partial charge in [0.2, 0.25) is 5.88 Å². The van der Waals surface area contributed by atoms with Crippen LogP contribution in [0.3, 0.4) is 0 Å². The molecule has 0 radical (unpaired) electrons. The number of hydrogen-bond donors (Lipinski definition) is 1. The van der Waals surface area contributed by atoms with Crippen molar-refractivity contribution < 1.29 is 9.84 Å². The molecule has 6 aromatic carbocycles. The zero-order valence-corrected chi connectivity index (χ0v) is 26.4. The number of nitrogens with zero attached hydrogens (tertiary/aromatic N) is 3. The fourth-order valence-corrected chi connectivity index (χ4v) is 6.82. The van der Waals surface area contributed by atoms with E-state index in [0.29, 0.717) is 17.1 Å². The first-order valence-corrected chi connectivity index (χ1v) is 16.2. The van der Waals surface area contributed by atoms with Crippen molar-refractivity contribution in [3.63, 3.8) is 0 Å². The van der Waals surface area contributed by atoms with E-state index in [0.717, 1.165) is 66.4 Å². The second kappa shape index (κ2) is 11.8. The van der Waals surface area contributed by atoms with Gasteiger partial charge in [0, 0.05) is 40.1 Å². The Balaban J connectivity index is 1.27. The molecular formula is C44H29N3O2. The Morgan fingerprint density at radius 3 is 1.96 bits per heavy atom. The molecule has 5 heteroatoms. The Morgan fingerprint density at radius 2 is 1.24 bits per heavy atom. The van der Waals surface area contributed by atoms with Gasteiger partial charge in [-0.25, -0.2) is 9.97 Å². The first-order chi connectivity index (χ1) is 24.2. The lowest BCUT2D eigenvalue weighted by atomic mass is 9.97. The van der Waals surface area contributed by atoms with Crippen molar-refractivity contribution in [3.05, 3.63) is 170 Å². The summed E-state index contributed by atoms with van der Waals surface area (Å²) in [7, 11) is 0. The average Bonchev–Trinajstić information content (AvgIpc) is 3.50. The molecule has 1 N–H and O–H groups in total. The summed E-state index contributed by atoms with van der Waals surface area (Å²) in [5.41, 5.74) is 8.82. The molecule has 3 heterocycles. The van der Waals surface area contributed by atoms with E-state index >= 15 is 0 Å². The summed E-state index contributed by atoms with van der Waals surface area (Å²) >= 11 is 0. The van der Waals surface area contributed by atoms with Gasteiger partial charge in [0.15, 0.2) is 0 Å². The minimum absolute atomic E-state index is 0.103. The van der Waals surface area contributed by atoms with Gasteiger partial charge in [0.05, 0.1) is 11.0 Å². The molecule has 5 nitrogen and oxygen atoms in total. The molecule has 0 aliphatic rings. The van der Waals surface area contributed by atoms with Crippen LogP contribution in [0.2, 0.25) is 0 Å². The fraction of sp³-hybridized carbons (Fsp3) is 0. The van der Waals surface area contributed by atoms with Gasteiger partial charge in [-0.15, -0.1) is 0 Å². The Hall–Kier alpha value is -6.72. The number of hydrogen-bond acceptors (Lipinski definition) is 4. The van der Waals surface area contributed by atoms with E-state index in [1.165, 1.54) is 0 Å². The molecule has 232 valence electrons. The highest BCUT2D eigenvalue weighted by molar-refractivity contribution is 6.19. The summed E-state index contributed by atoms with van der Waals surface area (Å²) in [6.07, 6.45) is 1.82. The van der Waals surface area contributed by atoms with Crippen LogP contribution >= 0.6 is 0 Å². The molecule has 0 aliphatic carbocycles. The molecule has 0 unspecified atom stereocenters. The molecule has 9 rings (SSSR count). The number of rotatable bonds is 6. The van der Waals surface area contributed by atoms with Crippen molar-refractivity contribution in [3.8, 4) is 56.6 Å². The molecule has 0 atom stereocenters. The van der Waals surface area contributed by atoms with Crippen LogP contribution in [-0.2, 0) is 0 Å². The van der Waals surface area contributed by atoms with Crippen LogP contribution in [0.25, 0.3) is 71.9 Å². The molecule has 49 heavy (non-hydrogen) atoms. The fourth-order valence-electron chi connectivity index (χ4n) is 6.82. The lowest BCUT2D eigenvalue weighted by molar-refractivity contribution is 0.460. The summed E-state index contributed by atoms with van der Waals surface area (Å²) in [6.45, 7) is 0. The standard InChI is InChI=1S/C44H29N3O2/c48-39-26-33(29-13-4-1-5-14-29)25-32-22-23-41(46-43(32)39)49-34-27-37(31-17-8-3-9-18-31)42-36-20-12-19-35(30-15-6-2-7-16-30)44(36)47(38(42)28-34)40-21-10-11-24-45-40/h1-28,48H. The molecule has 0 bridgehead atoms. The largest absolute Gasteiger partial charge is 0.506 e. The highest BCUT2D eigenvalue weighted by Crippen LogP contribution is 2.44. The third kappa shape index (κ3) is 5.05. The highest BCUT2D eigenvalue weighted by atomic mass is 16.5. The van der Waals surface area contributed by atoms with Gasteiger partial charge in [-0.1, -0.05) is 115 Å². The van der Waals surface area contributed by atoms with Crippen LogP contribution in [0, 0.1) is 0 Å². The molecule has 0 saturated carbocycles. The van der Waals surface area contributed by atoms with Crippen molar-refractivity contribution in [2.75, 3.05) is 0 Å². The van der Waals surface area contributed by atoms with Crippen molar-refractivity contribution in [1.29, 1.82) is 0 Å². The monoisotopic (exact) mass is 631 g/mol. The van der Waals surface area contributed by atoms with Gasteiger partial charge in [-0.05, 0) is 64.2 Å². The van der Waals surface area contributed by atoms with E-state index in [-0.39, 0.29) is 5.75 Å². The van der Waals surface area contributed by atoms with Crippen LogP contribution < -0.4 is 4.74 Å². The summed E-state index contributed by atoms with van der Waals surface area (Å²) in [4.78, 5) is 9.60. The van der Waals surface area contributed by atoms with E-state index in [1.54, 1.807) is 6.07 Å². The van der Waals surface area contributed by atoms with E-state index in [1.807, 2.05) is 85.1 Å². The quantitative estimate of drug-likeness (QED) is 0.198. The number of aromatic nitrogens is 3. The van der Waals surface area contributed by atoms with Gasteiger partial charge < -0.3 is 9.84 Å². The summed E-state index contributed by atoms with van der Waals surface area (Å²) in [5, 5.41) is 14.1. The van der Waals surface area contributed by atoms with Gasteiger partial charge in [-0.2, -0.15) is 0 Å². The minimum atomic E-state index is 0.103.